The molecule has 120 valence electrons. The second kappa shape index (κ2) is 6.80. The summed E-state index contributed by atoms with van der Waals surface area (Å²) in [4.78, 5) is 0.0344. The Labute approximate surface area is 133 Å². The Morgan fingerprint density at radius 1 is 1.09 bits per heavy atom. The van der Waals surface area contributed by atoms with Crippen LogP contribution in [0.1, 0.15) is 57.1 Å². The summed E-state index contributed by atoms with van der Waals surface area (Å²) in [6.07, 6.45) is 4.09. The van der Waals surface area contributed by atoms with Gasteiger partial charge in [-0.25, -0.2) is 0 Å². The lowest BCUT2D eigenvalue weighted by atomic mass is 10.0. The molecule has 0 fully saturated rings. The van der Waals surface area contributed by atoms with Gasteiger partial charge < -0.3 is 0 Å². The summed E-state index contributed by atoms with van der Waals surface area (Å²) in [6, 6.07) is 9.46. The van der Waals surface area contributed by atoms with E-state index < -0.39 is 10.1 Å². The summed E-state index contributed by atoms with van der Waals surface area (Å²) in [5.41, 5.74) is 3.62. The standard InChI is InChI=1S/C18H24O3S/c1-4-5-6-8-15-12-18(22(19,20)21)17-11-14(13(2)3)9-7-10-16(15)17/h7,9-13H,4-6,8H2,1-3H3,(H,19,20,21). The minimum Gasteiger partial charge on any atom is -0.282 e. The zero-order valence-electron chi connectivity index (χ0n) is 13.5. The lowest BCUT2D eigenvalue weighted by molar-refractivity contribution is 0.484. The van der Waals surface area contributed by atoms with Crippen molar-refractivity contribution in [1.82, 2.24) is 0 Å². The predicted octanol–water partition coefficient (Wildman–Crippen LogP) is 4.89. The van der Waals surface area contributed by atoms with Crippen LogP contribution in [0.4, 0.5) is 0 Å². The Balaban J connectivity index is 2.58. The van der Waals surface area contributed by atoms with Gasteiger partial charge in [-0.2, -0.15) is 8.42 Å². The van der Waals surface area contributed by atoms with Gasteiger partial charge in [-0.1, -0.05) is 51.8 Å². The largest absolute Gasteiger partial charge is 0.295 e. The number of rotatable bonds is 6. The molecule has 0 heterocycles. The van der Waals surface area contributed by atoms with Crippen molar-refractivity contribution in [1.29, 1.82) is 0 Å². The fraction of sp³-hybridized carbons (Fsp3) is 0.444. The van der Waals surface area contributed by atoms with Crippen molar-refractivity contribution in [3.63, 3.8) is 0 Å². The SMILES string of the molecule is CCCCCc1cc(S(=O)(=O)O)c2cc(C(C)C)cccc1-2. The third-order valence-electron chi connectivity index (χ3n) is 4.06. The summed E-state index contributed by atoms with van der Waals surface area (Å²) in [6.45, 7) is 6.28. The first-order valence-electron chi connectivity index (χ1n) is 7.87. The average Bonchev–Trinajstić information content (AvgIpc) is 2.63. The molecule has 2 rings (SSSR count). The third-order valence-corrected chi connectivity index (χ3v) is 4.96. The molecule has 1 N–H and O–H groups in total. The Morgan fingerprint density at radius 3 is 2.41 bits per heavy atom. The molecular weight excluding hydrogens is 296 g/mol. The zero-order valence-corrected chi connectivity index (χ0v) is 14.3. The van der Waals surface area contributed by atoms with Crippen LogP contribution in [0.5, 0.6) is 0 Å². The molecule has 0 amide bonds. The van der Waals surface area contributed by atoms with E-state index in [9.17, 15) is 13.0 Å². The first kappa shape index (κ1) is 17.0. The van der Waals surface area contributed by atoms with Gasteiger partial charge in [-0.3, -0.25) is 4.55 Å². The van der Waals surface area contributed by atoms with E-state index in [-0.39, 0.29) is 4.90 Å². The third kappa shape index (κ3) is 3.68. The van der Waals surface area contributed by atoms with Crippen molar-refractivity contribution in [2.75, 3.05) is 0 Å². The molecule has 2 aliphatic carbocycles. The number of fused-ring (bicyclic) bond motifs is 1. The molecular formula is C18H24O3S. The zero-order chi connectivity index (χ0) is 16.3. The number of aryl methyl sites for hydroxylation is 1. The summed E-state index contributed by atoms with van der Waals surface area (Å²) in [5.74, 6) is 0.295. The van der Waals surface area contributed by atoms with Crippen LogP contribution in [0.3, 0.4) is 0 Å². The van der Waals surface area contributed by atoms with Gasteiger partial charge in [-0.15, -0.1) is 0 Å². The number of hydrogen-bond donors (Lipinski definition) is 1. The van der Waals surface area contributed by atoms with E-state index in [1.165, 1.54) is 0 Å². The molecule has 2 aliphatic rings. The molecule has 0 saturated heterocycles. The fourth-order valence-corrected chi connectivity index (χ4v) is 3.52. The Hall–Kier alpha value is -1.39. The fourth-order valence-electron chi connectivity index (χ4n) is 2.78. The van der Waals surface area contributed by atoms with Crippen LogP contribution in [-0.2, 0) is 16.5 Å². The van der Waals surface area contributed by atoms with Gasteiger partial charge in [0.05, 0.1) is 0 Å². The molecule has 4 heteroatoms. The Morgan fingerprint density at radius 2 is 1.82 bits per heavy atom. The van der Waals surface area contributed by atoms with Crippen LogP contribution < -0.4 is 0 Å². The van der Waals surface area contributed by atoms with E-state index in [0.717, 1.165) is 42.4 Å². The molecule has 0 spiro atoms. The number of unbranched alkanes of at least 4 members (excludes halogenated alkanes) is 2. The average molecular weight is 320 g/mol. The molecule has 0 aromatic carbocycles. The molecule has 0 atom stereocenters. The van der Waals surface area contributed by atoms with Crippen molar-refractivity contribution < 1.29 is 13.0 Å². The van der Waals surface area contributed by atoms with E-state index >= 15 is 0 Å². The second-order valence-corrected chi connectivity index (χ2v) is 7.51. The highest BCUT2D eigenvalue weighted by molar-refractivity contribution is 7.86. The van der Waals surface area contributed by atoms with Crippen molar-refractivity contribution in [3.8, 4) is 11.1 Å². The van der Waals surface area contributed by atoms with E-state index in [1.807, 2.05) is 24.3 Å². The summed E-state index contributed by atoms with van der Waals surface area (Å²) in [7, 11) is -4.21. The molecule has 0 saturated carbocycles. The minimum absolute atomic E-state index is 0.0344. The van der Waals surface area contributed by atoms with Crippen molar-refractivity contribution in [2.24, 2.45) is 0 Å². The van der Waals surface area contributed by atoms with Gasteiger partial charge in [0.15, 0.2) is 0 Å². The summed E-state index contributed by atoms with van der Waals surface area (Å²) in [5, 5.41) is 0. The molecule has 3 nitrogen and oxygen atoms in total. The summed E-state index contributed by atoms with van der Waals surface area (Å²) >= 11 is 0. The molecule has 0 bridgehead atoms. The first-order valence-corrected chi connectivity index (χ1v) is 9.31. The molecule has 0 aliphatic heterocycles. The Kier molecular flexibility index (Phi) is 5.24. The van der Waals surface area contributed by atoms with E-state index in [2.05, 4.69) is 20.8 Å². The molecule has 0 unspecified atom stereocenters. The van der Waals surface area contributed by atoms with Crippen LogP contribution in [0.15, 0.2) is 35.2 Å². The van der Waals surface area contributed by atoms with Crippen LogP contribution in [0.25, 0.3) is 11.1 Å². The van der Waals surface area contributed by atoms with Crippen LogP contribution in [0.2, 0.25) is 0 Å². The highest BCUT2D eigenvalue weighted by Gasteiger charge is 2.23. The maximum atomic E-state index is 11.7. The molecule has 22 heavy (non-hydrogen) atoms. The smallest absolute Gasteiger partial charge is 0.282 e. The normalized spacial score (nSPS) is 12.2. The van der Waals surface area contributed by atoms with E-state index in [4.69, 9.17) is 0 Å². The van der Waals surface area contributed by atoms with Gasteiger partial charge in [0.1, 0.15) is 4.90 Å². The van der Waals surface area contributed by atoms with Gasteiger partial charge in [0.2, 0.25) is 0 Å². The highest BCUT2D eigenvalue weighted by atomic mass is 32.2. The van der Waals surface area contributed by atoms with Gasteiger partial charge in [0, 0.05) is 5.56 Å². The molecule has 0 aromatic rings. The van der Waals surface area contributed by atoms with Gasteiger partial charge in [-0.05, 0) is 47.6 Å². The van der Waals surface area contributed by atoms with Crippen LogP contribution in [-0.4, -0.2) is 13.0 Å². The maximum absolute atomic E-state index is 11.7. The van der Waals surface area contributed by atoms with E-state index in [1.54, 1.807) is 6.07 Å². The Bertz CT molecular complexity index is 717. The monoisotopic (exact) mass is 320 g/mol. The predicted molar refractivity (Wildman–Crippen MR) is 90.2 cm³/mol. The molecule has 0 radical (unpaired) electrons. The van der Waals surface area contributed by atoms with Crippen LogP contribution in [0, 0.1) is 0 Å². The lowest BCUT2D eigenvalue weighted by Gasteiger charge is -2.04. The summed E-state index contributed by atoms with van der Waals surface area (Å²) < 4.78 is 33.0. The number of hydrogen-bond acceptors (Lipinski definition) is 2. The van der Waals surface area contributed by atoms with E-state index in [0.29, 0.717) is 11.5 Å². The topological polar surface area (TPSA) is 54.4 Å². The van der Waals surface area contributed by atoms with Crippen molar-refractivity contribution >= 4 is 10.1 Å². The van der Waals surface area contributed by atoms with Crippen molar-refractivity contribution in [3.05, 3.63) is 41.5 Å². The van der Waals surface area contributed by atoms with Crippen LogP contribution >= 0.6 is 0 Å². The van der Waals surface area contributed by atoms with Gasteiger partial charge >= 0.3 is 0 Å². The lowest BCUT2D eigenvalue weighted by Crippen LogP contribution is -1.97. The second-order valence-electron chi connectivity index (χ2n) is 6.12. The first-order chi connectivity index (χ1) is 10.3. The maximum Gasteiger partial charge on any atom is 0.295 e. The van der Waals surface area contributed by atoms with Gasteiger partial charge in [0.25, 0.3) is 10.1 Å². The minimum atomic E-state index is -4.21. The van der Waals surface area contributed by atoms with Crippen molar-refractivity contribution in [2.45, 2.75) is 57.3 Å². The highest BCUT2D eigenvalue weighted by Crippen LogP contribution is 2.37. The quantitative estimate of drug-likeness (QED) is 0.608. The molecule has 0 aromatic heterocycles.